The summed E-state index contributed by atoms with van der Waals surface area (Å²) >= 11 is -0.848. The second-order valence-corrected chi connectivity index (χ2v) is 3.76. The van der Waals surface area contributed by atoms with E-state index in [0.717, 1.165) is 6.20 Å². The fraction of sp³-hybridized carbons (Fsp3) is 0.571. The van der Waals surface area contributed by atoms with Crippen molar-refractivity contribution in [2.45, 2.75) is 13.8 Å². The van der Waals surface area contributed by atoms with Crippen LogP contribution in [0.5, 0.6) is 0 Å². The summed E-state index contributed by atoms with van der Waals surface area (Å²) in [6.07, 6.45) is 1.42. The van der Waals surface area contributed by atoms with E-state index in [1.54, 1.807) is 6.92 Å². The van der Waals surface area contributed by atoms with Crippen molar-refractivity contribution in [3.8, 4) is 0 Å². The highest BCUT2D eigenvalue weighted by Gasteiger charge is 2.02. The van der Waals surface area contributed by atoms with Gasteiger partial charge in [0.25, 0.3) is 0 Å². The first-order chi connectivity index (χ1) is 5.20. The van der Waals surface area contributed by atoms with E-state index in [1.807, 2.05) is 6.92 Å². The molecule has 0 aliphatic rings. The van der Waals surface area contributed by atoms with Crippen LogP contribution in [0.3, 0.4) is 0 Å². The Morgan fingerprint density at radius 2 is 2.36 bits per heavy atom. The molecule has 0 spiro atoms. The number of hydrogen-bond donors (Lipinski definition) is 0. The van der Waals surface area contributed by atoms with Gasteiger partial charge in [0, 0.05) is 0 Å². The maximum atomic E-state index is 11.4. The summed E-state index contributed by atoms with van der Waals surface area (Å²) in [5.41, 5.74) is 0.694. The lowest BCUT2D eigenvalue weighted by atomic mass is 10.5. The highest BCUT2D eigenvalue weighted by atomic mass is 32.2. The number of halogens is 1. The Bertz CT molecular complexity index is 159. The first-order valence-corrected chi connectivity index (χ1v) is 4.83. The molecule has 1 atom stereocenters. The number of hydrogen-bond acceptors (Lipinski definition) is 2. The van der Waals surface area contributed by atoms with Gasteiger partial charge in [0.15, 0.2) is 0 Å². The summed E-state index contributed by atoms with van der Waals surface area (Å²) < 4.78 is 22.3. The maximum absolute atomic E-state index is 11.4. The van der Waals surface area contributed by atoms with Crippen LogP contribution >= 0.6 is 0 Å². The average molecular weight is 177 g/mol. The predicted octanol–water partition coefficient (Wildman–Crippen LogP) is 1.66. The van der Waals surface area contributed by atoms with Crippen LogP contribution in [0.2, 0.25) is 0 Å². The molecule has 1 unspecified atom stereocenters. The summed E-state index contributed by atoms with van der Waals surface area (Å²) in [6.45, 7) is 3.57. The van der Waals surface area contributed by atoms with Gasteiger partial charge in [-0.2, -0.15) is 0 Å². The number of aliphatic imine (C=N–C) groups is 1. The minimum absolute atomic E-state index is 0.359. The van der Waals surface area contributed by atoms with Gasteiger partial charge in [-0.1, -0.05) is 0 Å². The third-order valence-corrected chi connectivity index (χ3v) is 2.43. The zero-order valence-electron chi connectivity index (χ0n) is 6.71. The fourth-order valence-electron chi connectivity index (χ4n) is 0.528. The molecule has 0 amide bonds. The van der Waals surface area contributed by atoms with E-state index < -0.39 is 11.2 Å². The minimum atomic E-state index is -0.848. The van der Waals surface area contributed by atoms with Crippen molar-refractivity contribution in [3.63, 3.8) is 0 Å². The molecule has 0 aliphatic carbocycles. The summed E-state index contributed by atoms with van der Waals surface area (Å²) in [6, 6.07) is 0. The highest BCUT2D eigenvalue weighted by Crippen LogP contribution is 1.92. The van der Waals surface area contributed by atoms with Crippen molar-refractivity contribution in [2.75, 3.05) is 11.5 Å². The van der Waals surface area contributed by atoms with E-state index in [4.69, 9.17) is 0 Å². The van der Waals surface area contributed by atoms with Gasteiger partial charge >= 0.3 is 0 Å². The molecule has 0 bridgehead atoms. The zero-order valence-corrected chi connectivity index (χ0v) is 7.53. The van der Waals surface area contributed by atoms with Gasteiger partial charge in [0.05, 0.1) is 11.9 Å². The van der Waals surface area contributed by atoms with Gasteiger partial charge in [-0.05, 0) is 25.0 Å². The zero-order chi connectivity index (χ0) is 8.69. The van der Waals surface area contributed by atoms with Gasteiger partial charge in [-0.15, -0.1) is 0 Å². The van der Waals surface area contributed by atoms with E-state index in [-0.39, 0.29) is 0 Å². The Labute approximate surface area is 69.4 Å². The molecule has 64 valence electrons. The van der Waals surface area contributed by atoms with E-state index in [2.05, 4.69) is 4.99 Å². The molecule has 0 heterocycles. The Morgan fingerprint density at radius 1 is 1.73 bits per heavy atom. The third-order valence-electron chi connectivity index (χ3n) is 1.04. The van der Waals surface area contributed by atoms with Crippen LogP contribution < -0.4 is 0 Å². The molecule has 4 heteroatoms. The quantitative estimate of drug-likeness (QED) is 0.475. The number of rotatable bonds is 4. The van der Waals surface area contributed by atoms with Crippen molar-refractivity contribution in [1.82, 2.24) is 0 Å². The van der Waals surface area contributed by atoms with E-state index >= 15 is 0 Å². The lowest BCUT2D eigenvalue weighted by Crippen LogP contribution is -2.14. The largest absolute Gasteiger partial charge is 0.616 e. The molecule has 0 aromatic rings. The molecular weight excluding hydrogens is 165 g/mol. The summed E-state index contributed by atoms with van der Waals surface area (Å²) in [4.78, 5) is 3.70. The van der Waals surface area contributed by atoms with Gasteiger partial charge < -0.3 is 4.55 Å². The normalized spacial score (nSPS) is 15.8. The molecule has 0 aromatic carbocycles. The van der Waals surface area contributed by atoms with Crippen LogP contribution in [0, 0.1) is 0 Å². The molecule has 0 aromatic heterocycles. The molecule has 0 saturated carbocycles. The standard InChI is InChI=1S/C7H12FNOS/c1-3-11(10)6-7(2)9-5-4-8/h4-5H,3,6H2,1-2H3/b5-4-,9-7+. The molecule has 0 fully saturated rings. The van der Waals surface area contributed by atoms with Crippen molar-refractivity contribution >= 4 is 16.9 Å². The Morgan fingerprint density at radius 3 is 2.82 bits per heavy atom. The lowest BCUT2D eigenvalue weighted by molar-refractivity contribution is 0.600. The Balaban J connectivity index is 3.75. The first kappa shape index (κ1) is 10.7. The molecule has 2 nitrogen and oxygen atoms in total. The van der Waals surface area contributed by atoms with Gasteiger partial charge in [-0.25, -0.2) is 4.39 Å². The molecular formula is C7H12FNOS. The monoisotopic (exact) mass is 177 g/mol. The molecule has 0 rings (SSSR count). The number of nitrogens with zero attached hydrogens (tertiary/aromatic N) is 1. The van der Waals surface area contributed by atoms with Crippen LogP contribution in [0.4, 0.5) is 4.39 Å². The third kappa shape index (κ3) is 6.06. The topological polar surface area (TPSA) is 35.4 Å². The van der Waals surface area contributed by atoms with Crippen molar-refractivity contribution in [3.05, 3.63) is 12.5 Å². The molecule has 0 N–H and O–H groups in total. The van der Waals surface area contributed by atoms with E-state index in [9.17, 15) is 8.94 Å². The van der Waals surface area contributed by atoms with Gasteiger partial charge in [0.1, 0.15) is 17.8 Å². The Kier molecular flexibility index (Phi) is 6.16. The Hall–Kier alpha value is -0.350. The van der Waals surface area contributed by atoms with Crippen LogP contribution in [0.15, 0.2) is 17.5 Å². The summed E-state index contributed by atoms with van der Waals surface area (Å²) in [7, 11) is 0. The molecule has 0 saturated heterocycles. The smallest absolute Gasteiger partial charge is 0.143 e. The minimum Gasteiger partial charge on any atom is -0.616 e. The van der Waals surface area contributed by atoms with E-state index in [0.29, 0.717) is 23.5 Å². The fourth-order valence-corrected chi connectivity index (χ4v) is 1.27. The van der Waals surface area contributed by atoms with Crippen LogP contribution in [-0.2, 0) is 11.2 Å². The van der Waals surface area contributed by atoms with Crippen LogP contribution in [0.25, 0.3) is 0 Å². The SMILES string of the molecule is CC[S+]([O-])C/C(C)=N/C=C\F. The van der Waals surface area contributed by atoms with Gasteiger partial charge in [-0.3, -0.25) is 4.99 Å². The van der Waals surface area contributed by atoms with Crippen molar-refractivity contribution in [1.29, 1.82) is 0 Å². The summed E-state index contributed by atoms with van der Waals surface area (Å²) in [5, 5.41) is 0. The van der Waals surface area contributed by atoms with E-state index in [1.165, 1.54) is 0 Å². The molecule has 0 radical (unpaired) electrons. The lowest BCUT2D eigenvalue weighted by Gasteiger charge is -2.06. The molecule has 0 aliphatic heterocycles. The average Bonchev–Trinajstić information content (AvgIpc) is 2.00. The highest BCUT2D eigenvalue weighted by molar-refractivity contribution is 7.92. The predicted molar refractivity (Wildman–Crippen MR) is 46.9 cm³/mol. The van der Waals surface area contributed by atoms with Crippen molar-refractivity contribution in [2.24, 2.45) is 4.99 Å². The first-order valence-electron chi connectivity index (χ1n) is 3.34. The summed E-state index contributed by atoms with van der Waals surface area (Å²) in [5.74, 6) is 1.05. The second-order valence-electron chi connectivity index (χ2n) is 2.01. The van der Waals surface area contributed by atoms with Crippen LogP contribution in [-0.4, -0.2) is 21.8 Å². The molecule has 11 heavy (non-hydrogen) atoms. The van der Waals surface area contributed by atoms with Gasteiger partial charge in [0.2, 0.25) is 0 Å². The van der Waals surface area contributed by atoms with Crippen molar-refractivity contribution < 1.29 is 8.94 Å². The second kappa shape index (κ2) is 6.37. The maximum Gasteiger partial charge on any atom is 0.143 e. The van der Waals surface area contributed by atoms with Crippen LogP contribution in [0.1, 0.15) is 13.8 Å².